The van der Waals surface area contributed by atoms with Crippen LogP contribution in [0.1, 0.15) is 19.8 Å². The van der Waals surface area contributed by atoms with E-state index >= 15 is 0 Å². The van der Waals surface area contributed by atoms with Gasteiger partial charge in [0, 0.05) is 6.07 Å². The molecule has 4 heteroatoms. The molecule has 1 aromatic carbocycles. The van der Waals surface area contributed by atoms with Crippen LogP contribution in [0.15, 0.2) is 23.1 Å². The van der Waals surface area contributed by atoms with Crippen molar-refractivity contribution in [1.82, 2.24) is 0 Å². The van der Waals surface area contributed by atoms with Crippen LogP contribution < -0.4 is 0 Å². The van der Waals surface area contributed by atoms with E-state index in [1.54, 1.807) is 6.07 Å². The molecule has 14 heavy (non-hydrogen) atoms. The third kappa shape index (κ3) is 2.82. The fraction of sp³-hybridized carbons (Fsp3) is 0.400. The molecule has 0 bridgehead atoms. The van der Waals surface area contributed by atoms with Crippen molar-refractivity contribution in [2.24, 2.45) is 0 Å². The third-order valence-electron chi connectivity index (χ3n) is 1.89. The lowest BCUT2D eigenvalue weighted by atomic mass is 10.3. The SMILES string of the molecule is CCCC[S+]([O-])c1ccc(O)c(O)c1. The number of hydrogen-bond donors (Lipinski definition) is 2. The van der Waals surface area contributed by atoms with E-state index < -0.39 is 11.2 Å². The summed E-state index contributed by atoms with van der Waals surface area (Å²) in [4.78, 5) is 0.564. The zero-order chi connectivity index (χ0) is 10.6. The van der Waals surface area contributed by atoms with Crippen molar-refractivity contribution in [3.63, 3.8) is 0 Å². The van der Waals surface area contributed by atoms with E-state index in [0.29, 0.717) is 10.6 Å². The van der Waals surface area contributed by atoms with Crippen molar-refractivity contribution in [2.45, 2.75) is 24.7 Å². The summed E-state index contributed by atoms with van der Waals surface area (Å²) in [6.07, 6.45) is 1.89. The number of unbranched alkanes of at least 4 members (excludes halogenated alkanes) is 1. The molecule has 0 radical (unpaired) electrons. The number of phenolic OH excluding ortho intramolecular Hbond substituents is 2. The molecule has 1 rings (SSSR count). The molecule has 0 aliphatic carbocycles. The smallest absolute Gasteiger partial charge is 0.162 e. The molecular weight excluding hydrogens is 200 g/mol. The van der Waals surface area contributed by atoms with Gasteiger partial charge in [0.25, 0.3) is 0 Å². The van der Waals surface area contributed by atoms with Crippen LogP contribution >= 0.6 is 0 Å². The molecule has 0 amide bonds. The van der Waals surface area contributed by atoms with Crippen molar-refractivity contribution in [1.29, 1.82) is 0 Å². The monoisotopic (exact) mass is 214 g/mol. The zero-order valence-corrected chi connectivity index (χ0v) is 8.88. The minimum atomic E-state index is -1.07. The average molecular weight is 214 g/mol. The van der Waals surface area contributed by atoms with Gasteiger partial charge in [-0.05, 0) is 29.7 Å². The number of hydrogen-bond acceptors (Lipinski definition) is 3. The molecule has 0 spiro atoms. The Morgan fingerprint density at radius 1 is 1.29 bits per heavy atom. The minimum Gasteiger partial charge on any atom is -0.611 e. The van der Waals surface area contributed by atoms with E-state index in [-0.39, 0.29) is 11.5 Å². The first kappa shape index (κ1) is 11.2. The first-order valence-corrected chi connectivity index (χ1v) is 5.87. The fourth-order valence-corrected chi connectivity index (χ4v) is 2.29. The Bertz CT molecular complexity index is 301. The van der Waals surface area contributed by atoms with Gasteiger partial charge >= 0.3 is 0 Å². The van der Waals surface area contributed by atoms with Gasteiger partial charge in [-0.15, -0.1) is 0 Å². The normalized spacial score (nSPS) is 12.7. The predicted octanol–water partition coefficient (Wildman–Crippen LogP) is 2.01. The van der Waals surface area contributed by atoms with Crippen LogP contribution in [0.4, 0.5) is 0 Å². The molecule has 0 heterocycles. The maximum Gasteiger partial charge on any atom is 0.162 e. The fourth-order valence-electron chi connectivity index (χ4n) is 1.04. The quantitative estimate of drug-likeness (QED) is 0.595. The van der Waals surface area contributed by atoms with Crippen LogP contribution in [0, 0.1) is 0 Å². The van der Waals surface area contributed by atoms with Gasteiger partial charge in [0.2, 0.25) is 0 Å². The summed E-state index contributed by atoms with van der Waals surface area (Å²) in [5.74, 6) is 0.203. The highest BCUT2D eigenvalue weighted by molar-refractivity contribution is 7.91. The van der Waals surface area contributed by atoms with Gasteiger partial charge in [0.15, 0.2) is 16.4 Å². The van der Waals surface area contributed by atoms with Gasteiger partial charge in [0.05, 0.1) is 0 Å². The van der Waals surface area contributed by atoms with Gasteiger partial charge < -0.3 is 14.8 Å². The van der Waals surface area contributed by atoms with Crippen molar-refractivity contribution < 1.29 is 14.8 Å². The topological polar surface area (TPSA) is 63.5 Å². The second-order valence-electron chi connectivity index (χ2n) is 3.05. The van der Waals surface area contributed by atoms with E-state index in [1.807, 2.05) is 6.92 Å². The number of aromatic hydroxyl groups is 2. The highest BCUT2D eigenvalue weighted by Gasteiger charge is 2.12. The first-order valence-electron chi connectivity index (χ1n) is 4.55. The van der Waals surface area contributed by atoms with Gasteiger partial charge in [-0.25, -0.2) is 0 Å². The largest absolute Gasteiger partial charge is 0.611 e. The van der Waals surface area contributed by atoms with Crippen LogP contribution in [0.2, 0.25) is 0 Å². The summed E-state index contributed by atoms with van der Waals surface area (Å²) in [6.45, 7) is 2.03. The lowest BCUT2D eigenvalue weighted by molar-refractivity contribution is 0.402. The van der Waals surface area contributed by atoms with E-state index in [2.05, 4.69) is 0 Å². The van der Waals surface area contributed by atoms with Crippen molar-refractivity contribution in [2.75, 3.05) is 5.75 Å². The molecule has 0 saturated carbocycles. The summed E-state index contributed by atoms with van der Waals surface area (Å²) < 4.78 is 11.6. The molecule has 78 valence electrons. The standard InChI is InChI=1S/C10H14O3S/c1-2-3-6-14(13)8-4-5-9(11)10(12)7-8/h4-5,7,11-12H,2-3,6H2,1H3. The Kier molecular flexibility index (Phi) is 4.10. The number of rotatable bonds is 4. The van der Waals surface area contributed by atoms with Crippen LogP contribution in [-0.2, 0) is 11.2 Å². The summed E-state index contributed by atoms with van der Waals surface area (Å²) >= 11 is -1.07. The van der Waals surface area contributed by atoms with Crippen LogP contribution in [0.3, 0.4) is 0 Å². The summed E-state index contributed by atoms with van der Waals surface area (Å²) in [6, 6.07) is 4.27. The minimum absolute atomic E-state index is 0.179. The Hall–Kier alpha value is -0.870. The van der Waals surface area contributed by atoms with Crippen LogP contribution in [-0.4, -0.2) is 20.5 Å². The third-order valence-corrected chi connectivity index (χ3v) is 3.33. The second kappa shape index (κ2) is 5.12. The molecule has 0 aliphatic heterocycles. The van der Waals surface area contributed by atoms with Crippen molar-refractivity contribution >= 4 is 11.2 Å². The summed E-state index contributed by atoms with van der Waals surface area (Å²) in [5, 5.41) is 18.2. The Morgan fingerprint density at radius 2 is 2.00 bits per heavy atom. The van der Waals surface area contributed by atoms with E-state index in [9.17, 15) is 9.66 Å². The predicted molar refractivity (Wildman–Crippen MR) is 56.0 cm³/mol. The van der Waals surface area contributed by atoms with Crippen molar-refractivity contribution in [3.8, 4) is 11.5 Å². The molecule has 0 fully saturated rings. The van der Waals surface area contributed by atoms with Gasteiger partial charge in [-0.2, -0.15) is 0 Å². The highest BCUT2D eigenvalue weighted by atomic mass is 32.2. The summed E-state index contributed by atoms with van der Waals surface area (Å²) in [7, 11) is 0. The lowest BCUT2D eigenvalue weighted by Crippen LogP contribution is -2.06. The molecule has 0 aromatic heterocycles. The second-order valence-corrected chi connectivity index (χ2v) is 4.62. The molecule has 2 N–H and O–H groups in total. The van der Waals surface area contributed by atoms with E-state index in [1.165, 1.54) is 12.1 Å². The van der Waals surface area contributed by atoms with Gasteiger partial charge in [-0.3, -0.25) is 0 Å². The highest BCUT2D eigenvalue weighted by Crippen LogP contribution is 2.27. The molecule has 1 atom stereocenters. The molecule has 0 aliphatic rings. The molecule has 3 nitrogen and oxygen atoms in total. The maximum atomic E-state index is 11.6. The van der Waals surface area contributed by atoms with Crippen LogP contribution in [0.5, 0.6) is 11.5 Å². The zero-order valence-electron chi connectivity index (χ0n) is 8.06. The Balaban J connectivity index is 2.70. The average Bonchev–Trinajstić information content (AvgIpc) is 2.18. The molecule has 0 saturated heterocycles. The molecular formula is C10H14O3S. The van der Waals surface area contributed by atoms with Gasteiger partial charge in [0.1, 0.15) is 5.75 Å². The molecule has 1 unspecified atom stereocenters. The van der Waals surface area contributed by atoms with E-state index in [0.717, 1.165) is 12.8 Å². The van der Waals surface area contributed by atoms with Gasteiger partial charge in [-0.1, -0.05) is 13.3 Å². The lowest BCUT2D eigenvalue weighted by Gasteiger charge is -2.10. The van der Waals surface area contributed by atoms with Crippen LogP contribution in [0.25, 0.3) is 0 Å². The first-order chi connectivity index (χ1) is 6.65. The Labute approximate surface area is 86.6 Å². The number of benzene rings is 1. The maximum absolute atomic E-state index is 11.6. The molecule has 1 aromatic rings. The number of phenols is 2. The van der Waals surface area contributed by atoms with Crippen molar-refractivity contribution in [3.05, 3.63) is 18.2 Å². The van der Waals surface area contributed by atoms with E-state index in [4.69, 9.17) is 5.11 Å². The Morgan fingerprint density at radius 3 is 2.57 bits per heavy atom. The summed E-state index contributed by atoms with van der Waals surface area (Å²) in [5.41, 5.74) is 0.